The molecule has 0 aromatic carbocycles. The molecule has 1 amide bonds. The standard InChI is InChI=1S/C5H10F3NOSi.CH5P/c1-11(2,3)9-4(10)5(6,7)8;1-2/h1-3H3,(H,9,10);2H2,1H3. The zero-order valence-corrected chi connectivity index (χ0v) is 10.3. The van der Waals surface area contributed by atoms with Crippen molar-refractivity contribution in [1.82, 2.24) is 4.98 Å². The minimum atomic E-state index is -4.75. The molecule has 2 nitrogen and oxygen atoms in total. The molecule has 0 bridgehead atoms. The Balaban J connectivity index is 0. The first-order chi connectivity index (χ1) is 5.63. The highest BCUT2D eigenvalue weighted by Crippen LogP contribution is 2.15. The number of carbonyl (C=O) groups excluding carboxylic acids is 1. The van der Waals surface area contributed by atoms with Crippen LogP contribution in [0.2, 0.25) is 19.6 Å². The van der Waals surface area contributed by atoms with E-state index in [1.165, 1.54) is 0 Å². The summed E-state index contributed by atoms with van der Waals surface area (Å²) in [4.78, 5) is 12.2. The summed E-state index contributed by atoms with van der Waals surface area (Å²) in [7, 11) is 0.267. The van der Waals surface area contributed by atoms with Crippen LogP contribution in [-0.4, -0.2) is 27.0 Å². The normalized spacial score (nSPS) is 11.4. The zero-order chi connectivity index (χ0) is 11.3. The molecular formula is C6H15F3NOPSi. The Hall–Kier alpha value is -0.0931. The maximum Gasteiger partial charge on any atom is 0.470 e. The molecular weight excluding hydrogens is 218 g/mol. The van der Waals surface area contributed by atoms with Crippen molar-refractivity contribution in [3.8, 4) is 0 Å². The van der Waals surface area contributed by atoms with Crippen LogP contribution in [0.5, 0.6) is 0 Å². The first-order valence-corrected chi connectivity index (χ1v) is 8.25. The summed E-state index contributed by atoms with van der Waals surface area (Å²) in [6.45, 7) is 6.78. The third-order valence-electron chi connectivity index (χ3n) is 0.746. The molecule has 0 aromatic rings. The summed E-state index contributed by atoms with van der Waals surface area (Å²) in [5.74, 6) is -1.84. The summed E-state index contributed by atoms with van der Waals surface area (Å²) in [6, 6.07) is 0. The lowest BCUT2D eigenvalue weighted by atomic mass is 10.6. The Kier molecular flexibility index (Phi) is 6.62. The Morgan fingerprint density at radius 2 is 1.54 bits per heavy atom. The molecule has 80 valence electrons. The molecule has 0 heterocycles. The number of hydrogen-bond donors (Lipinski definition) is 1. The van der Waals surface area contributed by atoms with E-state index in [0.717, 1.165) is 0 Å². The van der Waals surface area contributed by atoms with Crippen molar-refractivity contribution in [1.29, 1.82) is 0 Å². The lowest BCUT2D eigenvalue weighted by Gasteiger charge is -2.18. The highest BCUT2D eigenvalue weighted by Gasteiger charge is 2.40. The average Bonchev–Trinajstić information content (AvgIpc) is 1.86. The van der Waals surface area contributed by atoms with Gasteiger partial charge in [-0.05, 0) is 0 Å². The summed E-state index contributed by atoms with van der Waals surface area (Å²) < 4.78 is 34.8. The number of alkyl halides is 3. The lowest BCUT2D eigenvalue weighted by molar-refractivity contribution is -0.171. The second-order valence-electron chi connectivity index (χ2n) is 3.20. The van der Waals surface area contributed by atoms with Gasteiger partial charge in [0.25, 0.3) is 0 Å². The monoisotopic (exact) mass is 233 g/mol. The van der Waals surface area contributed by atoms with Crippen LogP contribution < -0.4 is 4.98 Å². The van der Waals surface area contributed by atoms with Crippen LogP contribution in [0.15, 0.2) is 0 Å². The number of amides is 1. The molecule has 0 aromatic heterocycles. The minimum absolute atomic E-state index is 1.62. The Labute approximate surface area is 79.6 Å². The molecule has 7 heteroatoms. The molecule has 0 saturated heterocycles. The number of rotatable bonds is 1. The van der Waals surface area contributed by atoms with Gasteiger partial charge in [-0.15, -0.1) is 9.24 Å². The predicted octanol–water partition coefficient (Wildman–Crippen LogP) is 1.99. The van der Waals surface area contributed by atoms with Crippen molar-refractivity contribution < 1.29 is 18.0 Å². The molecule has 1 atom stereocenters. The average molecular weight is 233 g/mol. The Morgan fingerprint density at radius 1 is 1.23 bits per heavy atom. The maximum absolute atomic E-state index is 11.6. The van der Waals surface area contributed by atoms with Crippen molar-refractivity contribution in [2.24, 2.45) is 0 Å². The predicted molar refractivity (Wildman–Crippen MR) is 53.2 cm³/mol. The smallest absolute Gasteiger partial charge is 0.375 e. The van der Waals surface area contributed by atoms with E-state index in [1.807, 2.05) is 11.6 Å². The fourth-order valence-electron chi connectivity index (χ4n) is 0.411. The van der Waals surface area contributed by atoms with Gasteiger partial charge in [-0.25, -0.2) is 0 Å². The highest BCUT2D eigenvalue weighted by atomic mass is 31.0. The van der Waals surface area contributed by atoms with Crippen LogP contribution >= 0.6 is 9.24 Å². The summed E-state index contributed by atoms with van der Waals surface area (Å²) in [6.07, 6.45) is -4.75. The summed E-state index contributed by atoms with van der Waals surface area (Å²) in [5.41, 5.74) is 0. The molecule has 0 aliphatic rings. The molecule has 0 radical (unpaired) electrons. The van der Waals surface area contributed by atoms with Crippen molar-refractivity contribution in [3.05, 3.63) is 0 Å². The van der Waals surface area contributed by atoms with Crippen LogP contribution in [0.3, 0.4) is 0 Å². The Bertz CT molecular complexity index is 166. The van der Waals surface area contributed by atoms with Gasteiger partial charge in [-0.1, -0.05) is 26.3 Å². The molecule has 1 N–H and O–H groups in total. The van der Waals surface area contributed by atoms with Gasteiger partial charge in [0.1, 0.15) is 8.24 Å². The van der Waals surface area contributed by atoms with Crippen LogP contribution in [0.4, 0.5) is 13.2 Å². The lowest BCUT2D eigenvalue weighted by Crippen LogP contribution is -2.50. The molecule has 0 aliphatic carbocycles. The van der Waals surface area contributed by atoms with E-state index in [9.17, 15) is 18.0 Å². The molecule has 0 fully saturated rings. The Morgan fingerprint density at radius 3 is 1.62 bits per heavy atom. The molecule has 1 unspecified atom stereocenters. The van der Waals surface area contributed by atoms with Gasteiger partial charge in [-0.2, -0.15) is 13.2 Å². The zero-order valence-electron chi connectivity index (χ0n) is 8.12. The second-order valence-corrected chi connectivity index (χ2v) is 7.95. The largest absolute Gasteiger partial charge is 0.470 e. The van der Waals surface area contributed by atoms with Gasteiger partial charge in [0.2, 0.25) is 0 Å². The van der Waals surface area contributed by atoms with Crippen LogP contribution in [0.1, 0.15) is 0 Å². The fourth-order valence-corrected chi connectivity index (χ4v) is 1.23. The van der Waals surface area contributed by atoms with E-state index in [1.54, 1.807) is 19.6 Å². The topological polar surface area (TPSA) is 29.1 Å². The molecule has 13 heavy (non-hydrogen) atoms. The van der Waals surface area contributed by atoms with E-state index in [4.69, 9.17) is 0 Å². The van der Waals surface area contributed by atoms with Gasteiger partial charge in [0.05, 0.1) is 0 Å². The van der Waals surface area contributed by atoms with Crippen molar-refractivity contribution >= 4 is 23.4 Å². The van der Waals surface area contributed by atoms with Gasteiger partial charge >= 0.3 is 12.1 Å². The quantitative estimate of drug-likeness (QED) is 0.544. The van der Waals surface area contributed by atoms with Gasteiger partial charge in [0, 0.05) is 0 Å². The first kappa shape index (κ1) is 15.4. The van der Waals surface area contributed by atoms with Crippen LogP contribution in [0, 0.1) is 0 Å². The van der Waals surface area contributed by atoms with Crippen LogP contribution in [0.25, 0.3) is 0 Å². The maximum atomic E-state index is 11.6. The SMILES string of the molecule is CP.C[Si](C)(C)NC(=O)C(F)(F)F. The van der Waals surface area contributed by atoms with Gasteiger partial charge in [-0.3, -0.25) is 4.79 Å². The second kappa shape index (κ2) is 5.60. The van der Waals surface area contributed by atoms with Crippen molar-refractivity contribution in [2.45, 2.75) is 25.8 Å². The van der Waals surface area contributed by atoms with Crippen molar-refractivity contribution in [2.75, 3.05) is 6.66 Å². The van der Waals surface area contributed by atoms with E-state index in [2.05, 4.69) is 9.24 Å². The number of nitrogens with one attached hydrogen (secondary N) is 1. The summed E-state index contributed by atoms with van der Waals surface area (Å²) >= 11 is 0. The molecule has 0 spiro atoms. The first-order valence-electron chi connectivity index (χ1n) is 3.60. The number of hydrogen-bond acceptors (Lipinski definition) is 1. The third-order valence-corrected chi connectivity index (χ3v) is 1.72. The third kappa shape index (κ3) is 9.82. The van der Waals surface area contributed by atoms with E-state index >= 15 is 0 Å². The molecule has 0 rings (SSSR count). The number of carbonyl (C=O) groups is 1. The van der Waals surface area contributed by atoms with Crippen molar-refractivity contribution in [3.63, 3.8) is 0 Å². The van der Waals surface area contributed by atoms with E-state index in [-0.39, 0.29) is 0 Å². The van der Waals surface area contributed by atoms with E-state index in [0.29, 0.717) is 0 Å². The van der Waals surface area contributed by atoms with Crippen LogP contribution in [-0.2, 0) is 4.79 Å². The molecule has 0 aliphatic heterocycles. The fraction of sp³-hybridized carbons (Fsp3) is 0.833. The van der Waals surface area contributed by atoms with Gasteiger partial charge in [0.15, 0.2) is 0 Å². The van der Waals surface area contributed by atoms with E-state index < -0.39 is 20.3 Å². The minimum Gasteiger partial charge on any atom is -0.375 e. The number of halogens is 3. The van der Waals surface area contributed by atoms with Gasteiger partial charge < -0.3 is 4.98 Å². The highest BCUT2D eigenvalue weighted by molar-refractivity contribution is 7.15. The molecule has 0 saturated carbocycles. The summed E-state index contributed by atoms with van der Waals surface area (Å²) in [5, 5.41) is 0.